The summed E-state index contributed by atoms with van der Waals surface area (Å²) >= 11 is 0. The highest BCUT2D eigenvalue weighted by molar-refractivity contribution is 7.89. The Morgan fingerprint density at radius 3 is 2.43 bits per heavy atom. The Hall–Kier alpha value is -2.23. The first kappa shape index (κ1) is 15.2. The van der Waals surface area contributed by atoms with Crippen LogP contribution >= 0.6 is 0 Å². The maximum atomic E-state index is 12.1. The van der Waals surface area contributed by atoms with E-state index in [1.807, 2.05) is 0 Å². The quantitative estimate of drug-likeness (QED) is 0.702. The van der Waals surface area contributed by atoms with Crippen molar-refractivity contribution in [2.24, 2.45) is 14.1 Å². The standard InChI is InChI=1S/C11H14N4O5S/c1-7-12-9(20-13-7)6-21(18,19)5-8-4-10(16)15(3)11(17)14(8)2/h4H,5-6H2,1-3H3. The molecule has 2 aromatic rings. The molecule has 0 radical (unpaired) electrons. The summed E-state index contributed by atoms with van der Waals surface area (Å²) in [5.74, 6) is -0.601. The van der Waals surface area contributed by atoms with Gasteiger partial charge in [0.15, 0.2) is 15.7 Å². The van der Waals surface area contributed by atoms with Crippen LogP contribution in [0.3, 0.4) is 0 Å². The monoisotopic (exact) mass is 314 g/mol. The molecule has 9 nitrogen and oxygen atoms in total. The molecule has 0 N–H and O–H groups in total. The lowest BCUT2D eigenvalue weighted by molar-refractivity contribution is 0.384. The van der Waals surface area contributed by atoms with Gasteiger partial charge >= 0.3 is 5.69 Å². The fraction of sp³-hybridized carbons (Fsp3) is 0.455. The van der Waals surface area contributed by atoms with Gasteiger partial charge in [0.1, 0.15) is 5.75 Å². The maximum Gasteiger partial charge on any atom is 0.330 e. The van der Waals surface area contributed by atoms with Crippen LogP contribution in [-0.2, 0) is 35.4 Å². The van der Waals surface area contributed by atoms with Crippen LogP contribution in [0.15, 0.2) is 20.2 Å². The second-order valence-electron chi connectivity index (χ2n) is 4.64. The summed E-state index contributed by atoms with van der Waals surface area (Å²) in [6.45, 7) is 1.57. The highest BCUT2D eigenvalue weighted by Gasteiger charge is 2.20. The minimum atomic E-state index is -3.65. The zero-order valence-electron chi connectivity index (χ0n) is 11.7. The third-order valence-corrected chi connectivity index (χ3v) is 4.33. The fourth-order valence-corrected chi connectivity index (χ4v) is 3.10. The Morgan fingerprint density at radius 1 is 1.19 bits per heavy atom. The molecule has 2 aromatic heterocycles. The topological polar surface area (TPSA) is 117 Å². The highest BCUT2D eigenvalue weighted by Crippen LogP contribution is 2.09. The summed E-state index contributed by atoms with van der Waals surface area (Å²) in [6.07, 6.45) is 0. The zero-order valence-corrected chi connectivity index (χ0v) is 12.5. The molecule has 21 heavy (non-hydrogen) atoms. The van der Waals surface area contributed by atoms with Crippen molar-refractivity contribution in [3.8, 4) is 0 Å². The van der Waals surface area contributed by atoms with Gasteiger partial charge in [-0.25, -0.2) is 13.2 Å². The largest absolute Gasteiger partial charge is 0.338 e. The predicted octanol–water partition coefficient (Wildman–Crippen LogP) is -1.11. The van der Waals surface area contributed by atoms with Crippen molar-refractivity contribution in [3.63, 3.8) is 0 Å². The molecule has 0 saturated heterocycles. The third-order valence-electron chi connectivity index (χ3n) is 2.91. The summed E-state index contributed by atoms with van der Waals surface area (Å²) in [4.78, 5) is 27.1. The van der Waals surface area contributed by atoms with E-state index in [0.717, 1.165) is 15.2 Å². The Balaban J connectivity index is 2.33. The first-order chi connectivity index (χ1) is 9.69. The lowest BCUT2D eigenvalue weighted by Gasteiger charge is -2.09. The highest BCUT2D eigenvalue weighted by atomic mass is 32.2. The van der Waals surface area contributed by atoms with E-state index in [2.05, 4.69) is 10.1 Å². The average Bonchev–Trinajstić information content (AvgIpc) is 2.77. The normalized spacial score (nSPS) is 11.8. The Bertz CT molecular complexity index is 890. The molecule has 2 rings (SSSR count). The molecular formula is C11H14N4O5S. The second-order valence-corrected chi connectivity index (χ2v) is 6.71. The molecule has 0 aliphatic heterocycles. The number of hydrogen-bond acceptors (Lipinski definition) is 7. The van der Waals surface area contributed by atoms with Crippen LogP contribution in [0.2, 0.25) is 0 Å². The van der Waals surface area contributed by atoms with Crippen LogP contribution in [0.4, 0.5) is 0 Å². The Morgan fingerprint density at radius 2 is 1.86 bits per heavy atom. The Kier molecular flexibility index (Phi) is 3.81. The van der Waals surface area contributed by atoms with Crippen LogP contribution in [0.5, 0.6) is 0 Å². The molecule has 0 aliphatic carbocycles. The minimum absolute atomic E-state index is 0.0265. The summed E-state index contributed by atoms with van der Waals surface area (Å²) < 4.78 is 31.0. The molecule has 0 unspecified atom stereocenters. The number of nitrogens with zero attached hydrogens (tertiary/aromatic N) is 4. The molecule has 0 fully saturated rings. The van der Waals surface area contributed by atoms with E-state index in [1.54, 1.807) is 6.92 Å². The van der Waals surface area contributed by atoms with Crippen molar-refractivity contribution >= 4 is 9.84 Å². The van der Waals surface area contributed by atoms with Crippen LogP contribution in [0.1, 0.15) is 17.4 Å². The number of aromatic nitrogens is 4. The number of aryl methyl sites for hydroxylation is 1. The summed E-state index contributed by atoms with van der Waals surface area (Å²) in [5.41, 5.74) is -1.03. The van der Waals surface area contributed by atoms with Gasteiger partial charge in [-0.2, -0.15) is 4.98 Å². The van der Waals surface area contributed by atoms with Crippen molar-refractivity contribution in [1.82, 2.24) is 19.3 Å². The van der Waals surface area contributed by atoms with E-state index >= 15 is 0 Å². The molecule has 0 amide bonds. The molecule has 0 aromatic carbocycles. The molecule has 0 aliphatic rings. The lowest BCUT2D eigenvalue weighted by atomic mass is 10.4. The number of sulfone groups is 1. The molecule has 0 bridgehead atoms. The number of hydrogen-bond donors (Lipinski definition) is 0. The van der Waals surface area contributed by atoms with Crippen molar-refractivity contribution in [3.05, 3.63) is 44.3 Å². The third kappa shape index (κ3) is 3.27. The summed E-state index contributed by atoms with van der Waals surface area (Å²) in [7, 11) is -0.918. The van der Waals surface area contributed by atoms with E-state index in [0.29, 0.717) is 5.82 Å². The predicted molar refractivity (Wildman–Crippen MR) is 72.3 cm³/mol. The molecule has 0 saturated carbocycles. The van der Waals surface area contributed by atoms with Gasteiger partial charge in [-0.1, -0.05) is 5.16 Å². The lowest BCUT2D eigenvalue weighted by Crippen LogP contribution is -2.38. The van der Waals surface area contributed by atoms with E-state index in [4.69, 9.17) is 4.52 Å². The van der Waals surface area contributed by atoms with Crippen molar-refractivity contribution in [2.45, 2.75) is 18.4 Å². The van der Waals surface area contributed by atoms with Crippen LogP contribution in [-0.4, -0.2) is 27.7 Å². The first-order valence-corrected chi connectivity index (χ1v) is 7.77. The van der Waals surface area contributed by atoms with E-state index in [1.165, 1.54) is 14.1 Å². The van der Waals surface area contributed by atoms with Crippen LogP contribution in [0.25, 0.3) is 0 Å². The van der Waals surface area contributed by atoms with Crippen molar-refractivity contribution in [1.29, 1.82) is 0 Å². The smallest absolute Gasteiger partial charge is 0.330 e. The van der Waals surface area contributed by atoms with E-state index in [9.17, 15) is 18.0 Å². The van der Waals surface area contributed by atoms with Gasteiger partial charge in [0.05, 0.1) is 5.75 Å². The van der Waals surface area contributed by atoms with Gasteiger partial charge in [-0.05, 0) is 6.92 Å². The van der Waals surface area contributed by atoms with Crippen LogP contribution < -0.4 is 11.2 Å². The maximum absolute atomic E-state index is 12.1. The molecular weight excluding hydrogens is 300 g/mol. The van der Waals surface area contributed by atoms with Crippen LogP contribution in [0, 0.1) is 6.92 Å². The van der Waals surface area contributed by atoms with Gasteiger partial charge in [-0.15, -0.1) is 0 Å². The van der Waals surface area contributed by atoms with Gasteiger partial charge < -0.3 is 4.52 Å². The van der Waals surface area contributed by atoms with Crippen molar-refractivity contribution in [2.75, 3.05) is 0 Å². The summed E-state index contributed by atoms with van der Waals surface area (Å²) in [6, 6.07) is 1.12. The molecule has 2 heterocycles. The van der Waals surface area contributed by atoms with Gasteiger partial charge in [0, 0.05) is 25.9 Å². The van der Waals surface area contributed by atoms with Gasteiger partial charge in [0.2, 0.25) is 5.89 Å². The zero-order chi connectivity index (χ0) is 15.8. The SMILES string of the molecule is Cc1noc(CS(=O)(=O)Cc2cc(=O)n(C)c(=O)n2C)n1. The minimum Gasteiger partial charge on any atom is -0.338 e. The average molecular weight is 314 g/mol. The molecule has 10 heteroatoms. The number of rotatable bonds is 4. The molecule has 0 spiro atoms. The van der Waals surface area contributed by atoms with Gasteiger partial charge in [0.25, 0.3) is 5.56 Å². The summed E-state index contributed by atoms with van der Waals surface area (Å²) in [5, 5.41) is 3.51. The Labute approximate surface area is 119 Å². The van der Waals surface area contributed by atoms with E-state index < -0.39 is 32.6 Å². The van der Waals surface area contributed by atoms with Gasteiger partial charge in [-0.3, -0.25) is 13.9 Å². The van der Waals surface area contributed by atoms with E-state index in [-0.39, 0.29) is 11.6 Å². The second kappa shape index (κ2) is 5.28. The fourth-order valence-electron chi connectivity index (χ4n) is 1.78. The molecule has 114 valence electrons. The molecule has 0 atom stereocenters. The van der Waals surface area contributed by atoms with Crippen molar-refractivity contribution < 1.29 is 12.9 Å². The first-order valence-electron chi connectivity index (χ1n) is 5.95.